The first-order valence-electron chi connectivity index (χ1n) is 6.21. The Labute approximate surface area is 126 Å². The topological polar surface area (TPSA) is 101 Å². The summed E-state index contributed by atoms with van der Waals surface area (Å²) in [7, 11) is -4.66. The van der Waals surface area contributed by atoms with Gasteiger partial charge in [-0.3, -0.25) is 4.21 Å². The van der Waals surface area contributed by atoms with Crippen LogP contribution in [-0.4, -0.2) is 41.8 Å². The zero-order valence-corrected chi connectivity index (χ0v) is 13.1. The highest BCUT2D eigenvalue weighted by Gasteiger charge is 2.13. The summed E-state index contributed by atoms with van der Waals surface area (Å²) in [6.45, 7) is 1.89. The van der Waals surface area contributed by atoms with Crippen LogP contribution in [0.1, 0.15) is 12.5 Å². The standard InChI is InChI=1S/C13H17NO5S2/c1-2-20(17)10-9-14-21(18,19)12-6-3-11(4-7-12)5-8-13(15)16/h3-8,14H,2,9-10H2,1H3,(H,15,16)/b8-5+. The van der Waals surface area contributed by atoms with Crippen molar-refractivity contribution in [3.05, 3.63) is 35.9 Å². The summed E-state index contributed by atoms with van der Waals surface area (Å²) in [4.78, 5) is 10.5. The van der Waals surface area contributed by atoms with E-state index in [-0.39, 0.29) is 17.2 Å². The number of carbonyl (C=O) groups is 1. The molecule has 0 aliphatic heterocycles. The molecule has 8 heteroatoms. The Kier molecular flexibility index (Phi) is 6.73. The molecule has 0 aromatic heterocycles. The highest BCUT2D eigenvalue weighted by atomic mass is 32.2. The minimum Gasteiger partial charge on any atom is -0.478 e. The highest BCUT2D eigenvalue weighted by Crippen LogP contribution is 2.11. The fourth-order valence-corrected chi connectivity index (χ4v) is 3.22. The van der Waals surface area contributed by atoms with Crippen LogP contribution in [0.15, 0.2) is 35.2 Å². The molecule has 0 bridgehead atoms. The van der Waals surface area contributed by atoms with E-state index in [0.717, 1.165) is 6.08 Å². The Hall–Kier alpha value is -1.51. The minimum absolute atomic E-state index is 0.0808. The van der Waals surface area contributed by atoms with Gasteiger partial charge in [0.15, 0.2) is 0 Å². The number of benzene rings is 1. The van der Waals surface area contributed by atoms with Gasteiger partial charge in [-0.15, -0.1) is 0 Å². The molecule has 1 unspecified atom stereocenters. The Morgan fingerprint density at radius 1 is 1.33 bits per heavy atom. The van der Waals surface area contributed by atoms with E-state index in [4.69, 9.17) is 5.11 Å². The van der Waals surface area contributed by atoms with Crippen molar-refractivity contribution in [2.75, 3.05) is 18.1 Å². The summed E-state index contributed by atoms with van der Waals surface area (Å²) in [5.41, 5.74) is 0.587. The van der Waals surface area contributed by atoms with E-state index in [0.29, 0.717) is 11.3 Å². The number of hydrogen-bond donors (Lipinski definition) is 2. The van der Waals surface area contributed by atoms with Gasteiger partial charge in [0.1, 0.15) is 0 Å². The lowest BCUT2D eigenvalue weighted by Crippen LogP contribution is -2.28. The van der Waals surface area contributed by atoms with Gasteiger partial charge in [-0.1, -0.05) is 19.1 Å². The maximum absolute atomic E-state index is 12.0. The van der Waals surface area contributed by atoms with Gasteiger partial charge < -0.3 is 5.11 Å². The first kappa shape index (κ1) is 17.5. The van der Waals surface area contributed by atoms with E-state index in [9.17, 15) is 17.4 Å². The number of carboxylic acid groups (broad SMARTS) is 1. The second-order valence-corrected chi connectivity index (χ2v) is 7.70. The summed E-state index contributed by atoms with van der Waals surface area (Å²) in [5.74, 6) is -0.307. The van der Waals surface area contributed by atoms with Gasteiger partial charge in [0.25, 0.3) is 0 Å². The van der Waals surface area contributed by atoms with Gasteiger partial charge >= 0.3 is 5.97 Å². The van der Waals surface area contributed by atoms with Gasteiger partial charge in [-0.25, -0.2) is 17.9 Å². The molecule has 116 valence electrons. The lowest BCUT2D eigenvalue weighted by atomic mass is 10.2. The molecule has 0 saturated carbocycles. The summed E-state index contributed by atoms with van der Waals surface area (Å²) >= 11 is 0. The van der Waals surface area contributed by atoms with Crippen LogP contribution in [0.3, 0.4) is 0 Å². The first-order chi connectivity index (χ1) is 9.85. The zero-order chi connectivity index (χ0) is 15.9. The van der Waals surface area contributed by atoms with Crippen molar-refractivity contribution in [1.29, 1.82) is 0 Å². The molecule has 0 saturated heterocycles. The monoisotopic (exact) mass is 331 g/mol. The molecule has 0 aliphatic rings. The molecule has 21 heavy (non-hydrogen) atoms. The number of carboxylic acids is 1. The summed E-state index contributed by atoms with van der Waals surface area (Å²) in [6, 6.07) is 5.80. The van der Waals surface area contributed by atoms with E-state index in [1.54, 1.807) is 6.92 Å². The molecule has 1 atom stereocenters. The third kappa shape index (κ3) is 6.19. The van der Waals surface area contributed by atoms with E-state index < -0.39 is 26.8 Å². The lowest BCUT2D eigenvalue weighted by molar-refractivity contribution is -0.131. The van der Waals surface area contributed by atoms with Crippen LogP contribution >= 0.6 is 0 Å². The number of nitrogens with one attached hydrogen (secondary N) is 1. The summed E-state index contributed by atoms with van der Waals surface area (Å²) in [6.07, 6.45) is 2.35. The number of rotatable bonds is 8. The molecule has 1 aromatic carbocycles. The SMILES string of the molecule is CCS(=O)CCNS(=O)(=O)c1ccc(/C=C/C(=O)O)cc1. The molecule has 0 amide bonds. The van der Waals surface area contributed by atoms with Crippen LogP contribution in [0.4, 0.5) is 0 Å². The number of hydrogen-bond acceptors (Lipinski definition) is 4. The van der Waals surface area contributed by atoms with E-state index in [1.807, 2.05) is 0 Å². The summed E-state index contributed by atoms with van der Waals surface area (Å²) in [5, 5.41) is 8.50. The van der Waals surface area contributed by atoms with Crippen LogP contribution in [0.5, 0.6) is 0 Å². The Morgan fingerprint density at radius 2 is 1.95 bits per heavy atom. The van der Waals surface area contributed by atoms with Crippen molar-refractivity contribution in [2.24, 2.45) is 0 Å². The molecule has 1 rings (SSSR count). The van der Waals surface area contributed by atoms with Crippen LogP contribution in [-0.2, 0) is 25.6 Å². The van der Waals surface area contributed by atoms with Crippen molar-refractivity contribution >= 4 is 32.9 Å². The van der Waals surface area contributed by atoms with Gasteiger partial charge in [0.05, 0.1) is 4.90 Å². The van der Waals surface area contributed by atoms with Crippen molar-refractivity contribution in [2.45, 2.75) is 11.8 Å². The molecule has 6 nitrogen and oxygen atoms in total. The number of sulfonamides is 1. The van der Waals surface area contributed by atoms with E-state index in [1.165, 1.54) is 30.3 Å². The van der Waals surface area contributed by atoms with Gasteiger partial charge in [0.2, 0.25) is 10.0 Å². The molecule has 0 heterocycles. The van der Waals surface area contributed by atoms with Crippen molar-refractivity contribution in [3.8, 4) is 0 Å². The van der Waals surface area contributed by atoms with Crippen LogP contribution in [0.25, 0.3) is 6.08 Å². The fourth-order valence-electron chi connectivity index (χ4n) is 1.44. The fraction of sp³-hybridized carbons (Fsp3) is 0.308. The second-order valence-electron chi connectivity index (χ2n) is 4.07. The molecule has 0 spiro atoms. The lowest BCUT2D eigenvalue weighted by Gasteiger charge is -2.06. The smallest absolute Gasteiger partial charge is 0.328 e. The molecule has 0 radical (unpaired) electrons. The maximum Gasteiger partial charge on any atom is 0.328 e. The third-order valence-corrected chi connectivity index (χ3v) is 5.33. The minimum atomic E-state index is -3.64. The van der Waals surface area contributed by atoms with Crippen LogP contribution in [0.2, 0.25) is 0 Å². The number of aliphatic carboxylic acids is 1. The van der Waals surface area contributed by atoms with Crippen molar-refractivity contribution < 1.29 is 22.5 Å². The van der Waals surface area contributed by atoms with Crippen LogP contribution < -0.4 is 4.72 Å². The molecule has 0 aliphatic carbocycles. The quantitative estimate of drug-likeness (QED) is 0.687. The Morgan fingerprint density at radius 3 is 2.48 bits per heavy atom. The predicted molar refractivity (Wildman–Crippen MR) is 81.9 cm³/mol. The van der Waals surface area contributed by atoms with E-state index >= 15 is 0 Å². The predicted octanol–water partition coefficient (Wildman–Crippen LogP) is 0.831. The third-order valence-electron chi connectivity index (χ3n) is 2.55. The largest absolute Gasteiger partial charge is 0.478 e. The van der Waals surface area contributed by atoms with Gasteiger partial charge in [-0.05, 0) is 23.8 Å². The molecular weight excluding hydrogens is 314 g/mol. The highest BCUT2D eigenvalue weighted by molar-refractivity contribution is 7.89. The second kappa shape index (κ2) is 8.06. The average Bonchev–Trinajstić information content (AvgIpc) is 2.45. The molecule has 0 fully saturated rings. The molecule has 2 N–H and O–H groups in total. The van der Waals surface area contributed by atoms with Crippen molar-refractivity contribution in [1.82, 2.24) is 4.72 Å². The molecule has 1 aromatic rings. The normalized spacial score (nSPS) is 13.4. The zero-order valence-electron chi connectivity index (χ0n) is 11.5. The van der Waals surface area contributed by atoms with Gasteiger partial charge in [0, 0.05) is 34.9 Å². The Balaban J connectivity index is 2.71. The van der Waals surface area contributed by atoms with Gasteiger partial charge in [-0.2, -0.15) is 0 Å². The van der Waals surface area contributed by atoms with Crippen LogP contribution in [0, 0.1) is 0 Å². The average molecular weight is 331 g/mol. The maximum atomic E-state index is 12.0. The summed E-state index contributed by atoms with van der Waals surface area (Å²) < 4.78 is 37.5. The Bertz CT molecular complexity index is 635. The van der Waals surface area contributed by atoms with Crippen molar-refractivity contribution in [3.63, 3.8) is 0 Å². The van der Waals surface area contributed by atoms with E-state index in [2.05, 4.69) is 4.72 Å². The first-order valence-corrected chi connectivity index (χ1v) is 9.18. The molecular formula is C13H17NO5S2.